The molecule has 0 atom stereocenters. The van der Waals surface area contributed by atoms with Crippen molar-refractivity contribution in [1.29, 1.82) is 0 Å². The predicted molar refractivity (Wildman–Crippen MR) is 72.7 cm³/mol. The van der Waals surface area contributed by atoms with E-state index in [1.807, 2.05) is 6.07 Å². The fraction of sp³-hybridized carbons (Fsp3) is 0.500. The minimum atomic E-state index is -0.0102. The first-order chi connectivity index (χ1) is 9.79. The molecular formula is C14H16N4O2. The van der Waals surface area contributed by atoms with Crippen LogP contribution in [0.5, 0.6) is 0 Å². The summed E-state index contributed by atoms with van der Waals surface area (Å²) in [6, 6.07) is 4.18. The number of rotatable bonds is 4. The third kappa shape index (κ3) is 2.11. The molecule has 0 bridgehead atoms. The first-order valence-corrected chi connectivity index (χ1v) is 7.02. The molecule has 3 heterocycles. The highest BCUT2D eigenvalue weighted by molar-refractivity contribution is 5.29. The van der Waals surface area contributed by atoms with Gasteiger partial charge in [0.25, 0.3) is 11.6 Å². The lowest BCUT2D eigenvalue weighted by Crippen LogP contribution is -2.49. The maximum Gasteiger partial charge on any atom is 0.297 e. The van der Waals surface area contributed by atoms with Gasteiger partial charge in [-0.15, -0.1) is 0 Å². The van der Waals surface area contributed by atoms with E-state index in [0.717, 1.165) is 18.8 Å². The molecule has 2 fully saturated rings. The van der Waals surface area contributed by atoms with E-state index in [4.69, 9.17) is 4.42 Å². The topological polar surface area (TPSA) is 64.2 Å². The molecule has 1 saturated heterocycles. The standard InChI is InChI=1S/C14H16N4O2/c19-13-4-3-12(11-1-2-11)16-18(13)9-10-7-17(8-10)14-15-5-6-20-14/h3-6,10-11H,1-2,7-9H2. The van der Waals surface area contributed by atoms with Crippen molar-refractivity contribution in [1.82, 2.24) is 14.8 Å². The van der Waals surface area contributed by atoms with E-state index in [1.165, 1.54) is 12.8 Å². The summed E-state index contributed by atoms with van der Waals surface area (Å²) in [4.78, 5) is 18.0. The van der Waals surface area contributed by atoms with Gasteiger partial charge in [-0.25, -0.2) is 9.67 Å². The van der Waals surface area contributed by atoms with Gasteiger partial charge in [-0.3, -0.25) is 4.79 Å². The third-order valence-electron chi connectivity index (χ3n) is 3.96. The zero-order valence-corrected chi connectivity index (χ0v) is 11.1. The molecule has 1 aliphatic heterocycles. The summed E-state index contributed by atoms with van der Waals surface area (Å²) in [5.74, 6) is 1.01. The number of oxazole rings is 1. The van der Waals surface area contributed by atoms with Gasteiger partial charge in [0.1, 0.15) is 6.26 Å². The Labute approximate surface area is 116 Å². The van der Waals surface area contributed by atoms with Gasteiger partial charge >= 0.3 is 0 Å². The number of nitrogens with zero attached hydrogens (tertiary/aromatic N) is 4. The molecule has 4 rings (SSSR count). The molecule has 20 heavy (non-hydrogen) atoms. The van der Waals surface area contributed by atoms with Crippen LogP contribution in [0.4, 0.5) is 6.01 Å². The number of hydrogen-bond donors (Lipinski definition) is 0. The third-order valence-corrected chi connectivity index (χ3v) is 3.96. The highest BCUT2D eigenvalue weighted by atomic mass is 16.4. The maximum absolute atomic E-state index is 11.9. The molecule has 0 unspecified atom stereocenters. The fourth-order valence-corrected chi connectivity index (χ4v) is 2.65. The SMILES string of the molecule is O=c1ccc(C2CC2)nn1CC1CN(c2ncco2)C1. The second-order valence-corrected chi connectivity index (χ2v) is 5.64. The average Bonchev–Trinajstić information content (AvgIpc) is 3.11. The Morgan fingerprint density at radius 3 is 2.85 bits per heavy atom. The minimum absolute atomic E-state index is 0.0102. The largest absolute Gasteiger partial charge is 0.432 e. The normalized spacial score (nSPS) is 19.1. The van der Waals surface area contributed by atoms with Crippen molar-refractivity contribution in [2.75, 3.05) is 18.0 Å². The Hall–Kier alpha value is -2.11. The molecule has 1 saturated carbocycles. The molecule has 6 nitrogen and oxygen atoms in total. The molecule has 1 aliphatic carbocycles. The van der Waals surface area contributed by atoms with Gasteiger partial charge in [-0.1, -0.05) is 0 Å². The van der Waals surface area contributed by atoms with Crippen molar-refractivity contribution in [2.24, 2.45) is 5.92 Å². The zero-order chi connectivity index (χ0) is 13.5. The van der Waals surface area contributed by atoms with E-state index >= 15 is 0 Å². The van der Waals surface area contributed by atoms with E-state index in [2.05, 4.69) is 15.0 Å². The van der Waals surface area contributed by atoms with Crippen LogP contribution < -0.4 is 10.5 Å². The molecule has 104 valence electrons. The molecule has 0 spiro atoms. The maximum atomic E-state index is 11.9. The summed E-state index contributed by atoms with van der Waals surface area (Å²) < 4.78 is 6.87. The molecule has 2 aromatic rings. The lowest BCUT2D eigenvalue weighted by molar-refractivity contribution is 0.315. The molecule has 6 heteroatoms. The van der Waals surface area contributed by atoms with Crippen LogP contribution in [0.2, 0.25) is 0 Å². The molecule has 0 aromatic carbocycles. The summed E-state index contributed by atoms with van der Waals surface area (Å²) in [6.07, 6.45) is 5.63. The molecular weight excluding hydrogens is 256 g/mol. The lowest BCUT2D eigenvalue weighted by atomic mass is 10.0. The van der Waals surface area contributed by atoms with Crippen molar-refractivity contribution in [2.45, 2.75) is 25.3 Å². The van der Waals surface area contributed by atoms with E-state index in [9.17, 15) is 4.79 Å². The van der Waals surface area contributed by atoms with Crippen molar-refractivity contribution in [3.8, 4) is 0 Å². The summed E-state index contributed by atoms with van der Waals surface area (Å²) in [5.41, 5.74) is 1.05. The van der Waals surface area contributed by atoms with Crippen LogP contribution in [0.1, 0.15) is 24.5 Å². The Bertz CT molecular complexity index is 654. The Kier molecular flexibility index (Phi) is 2.61. The summed E-state index contributed by atoms with van der Waals surface area (Å²) in [6.45, 7) is 2.40. The van der Waals surface area contributed by atoms with Gasteiger partial charge < -0.3 is 9.32 Å². The number of hydrogen-bond acceptors (Lipinski definition) is 5. The average molecular weight is 272 g/mol. The summed E-state index contributed by atoms with van der Waals surface area (Å²) in [5, 5.41) is 4.49. The molecule has 2 aromatic heterocycles. The van der Waals surface area contributed by atoms with Crippen LogP contribution in [-0.2, 0) is 6.54 Å². The van der Waals surface area contributed by atoms with Gasteiger partial charge in [-0.05, 0) is 18.9 Å². The number of anilines is 1. The Balaban J connectivity index is 1.43. The van der Waals surface area contributed by atoms with Crippen LogP contribution >= 0.6 is 0 Å². The highest BCUT2D eigenvalue weighted by Gasteiger charge is 2.31. The van der Waals surface area contributed by atoms with Crippen LogP contribution in [0, 0.1) is 5.92 Å². The summed E-state index contributed by atoms with van der Waals surface area (Å²) in [7, 11) is 0. The zero-order valence-electron chi connectivity index (χ0n) is 11.1. The monoisotopic (exact) mass is 272 g/mol. The number of aromatic nitrogens is 3. The van der Waals surface area contributed by atoms with E-state index in [-0.39, 0.29) is 5.56 Å². The minimum Gasteiger partial charge on any atom is -0.432 e. The smallest absolute Gasteiger partial charge is 0.297 e. The van der Waals surface area contributed by atoms with Crippen molar-refractivity contribution >= 4 is 6.01 Å². The van der Waals surface area contributed by atoms with Gasteiger partial charge in [0.05, 0.1) is 18.4 Å². The fourth-order valence-electron chi connectivity index (χ4n) is 2.65. The highest BCUT2D eigenvalue weighted by Crippen LogP contribution is 2.38. The van der Waals surface area contributed by atoms with Crippen molar-refractivity contribution < 1.29 is 4.42 Å². The first-order valence-electron chi connectivity index (χ1n) is 7.02. The van der Waals surface area contributed by atoms with Gasteiger partial charge in [0, 0.05) is 31.0 Å². The van der Waals surface area contributed by atoms with E-state index in [1.54, 1.807) is 23.2 Å². The van der Waals surface area contributed by atoms with Gasteiger partial charge in [-0.2, -0.15) is 5.10 Å². The Morgan fingerprint density at radius 1 is 1.30 bits per heavy atom. The predicted octanol–water partition coefficient (Wildman–Crippen LogP) is 1.25. The van der Waals surface area contributed by atoms with Crippen LogP contribution in [0.15, 0.2) is 33.8 Å². The second-order valence-electron chi connectivity index (χ2n) is 5.64. The molecule has 0 radical (unpaired) electrons. The van der Waals surface area contributed by atoms with Crippen molar-refractivity contribution in [3.63, 3.8) is 0 Å². The van der Waals surface area contributed by atoms with E-state index in [0.29, 0.717) is 24.4 Å². The quantitative estimate of drug-likeness (QED) is 0.838. The molecule has 2 aliphatic rings. The van der Waals surface area contributed by atoms with Gasteiger partial charge in [0.15, 0.2) is 0 Å². The summed E-state index contributed by atoms with van der Waals surface area (Å²) >= 11 is 0. The second kappa shape index (κ2) is 4.47. The first kappa shape index (κ1) is 11.7. The van der Waals surface area contributed by atoms with Gasteiger partial charge in [0.2, 0.25) is 0 Å². The molecule has 0 amide bonds. The lowest BCUT2D eigenvalue weighted by Gasteiger charge is -2.37. The van der Waals surface area contributed by atoms with Crippen LogP contribution in [-0.4, -0.2) is 27.9 Å². The van der Waals surface area contributed by atoms with E-state index < -0.39 is 0 Å². The van der Waals surface area contributed by atoms with Crippen molar-refractivity contribution in [3.05, 3.63) is 40.6 Å². The van der Waals surface area contributed by atoms with Crippen LogP contribution in [0.3, 0.4) is 0 Å². The van der Waals surface area contributed by atoms with Crippen LogP contribution in [0.25, 0.3) is 0 Å². The Morgan fingerprint density at radius 2 is 2.15 bits per heavy atom. The molecule has 0 N–H and O–H groups in total.